The normalized spacial score (nSPS) is 23.4. The highest BCUT2D eigenvalue weighted by Gasteiger charge is 2.34. The lowest BCUT2D eigenvalue weighted by Gasteiger charge is -2.18. The molecule has 0 unspecified atom stereocenters. The lowest BCUT2D eigenvalue weighted by molar-refractivity contribution is 0.579. The van der Waals surface area contributed by atoms with E-state index >= 15 is 0 Å². The van der Waals surface area contributed by atoms with Gasteiger partial charge in [-0.2, -0.15) is 0 Å². The summed E-state index contributed by atoms with van der Waals surface area (Å²) in [6, 6.07) is 14.2. The van der Waals surface area contributed by atoms with Crippen LogP contribution in [0, 0.1) is 13.8 Å². The number of hydrogen-bond donors (Lipinski definition) is 2. The van der Waals surface area contributed by atoms with Crippen molar-refractivity contribution in [1.29, 1.82) is 0 Å². The van der Waals surface area contributed by atoms with Crippen LogP contribution in [-0.4, -0.2) is 19.1 Å². The van der Waals surface area contributed by atoms with Crippen molar-refractivity contribution in [2.24, 2.45) is 0 Å². The molecule has 22 heavy (non-hydrogen) atoms. The summed E-state index contributed by atoms with van der Waals surface area (Å²) in [4.78, 5) is 0. The zero-order valence-electron chi connectivity index (χ0n) is 13.4. The summed E-state index contributed by atoms with van der Waals surface area (Å²) in [6.45, 7) is 6.65. The van der Waals surface area contributed by atoms with Crippen molar-refractivity contribution in [3.8, 4) is 11.1 Å². The molecular weight excluding hydrogens is 268 g/mol. The number of nitrogens with one attached hydrogen (secondary N) is 2. The molecule has 0 spiro atoms. The van der Waals surface area contributed by atoms with Crippen LogP contribution in [-0.2, 0) is 0 Å². The van der Waals surface area contributed by atoms with Gasteiger partial charge in [0.25, 0.3) is 0 Å². The lowest BCUT2D eigenvalue weighted by atomic mass is 9.85. The SMILES string of the molecule is Cc1ccc(-c2cccc3c2[C@H]2CCNCC[C@@H]2N3)cc1C. The first-order chi connectivity index (χ1) is 10.7. The van der Waals surface area contributed by atoms with Crippen molar-refractivity contribution in [3.05, 3.63) is 53.1 Å². The second-order valence-corrected chi connectivity index (χ2v) is 6.75. The van der Waals surface area contributed by atoms with Gasteiger partial charge in [0, 0.05) is 17.6 Å². The number of hydrogen-bond acceptors (Lipinski definition) is 2. The van der Waals surface area contributed by atoms with Gasteiger partial charge in [-0.05, 0) is 73.7 Å². The first-order valence-corrected chi connectivity index (χ1v) is 8.42. The minimum atomic E-state index is 0.595. The third kappa shape index (κ3) is 2.22. The minimum absolute atomic E-state index is 0.595. The van der Waals surface area contributed by atoms with Crippen molar-refractivity contribution in [3.63, 3.8) is 0 Å². The quantitative estimate of drug-likeness (QED) is 0.822. The van der Waals surface area contributed by atoms with E-state index in [1.54, 1.807) is 5.56 Å². The van der Waals surface area contributed by atoms with Crippen LogP contribution in [0.5, 0.6) is 0 Å². The van der Waals surface area contributed by atoms with Crippen molar-refractivity contribution >= 4 is 5.69 Å². The Bertz CT molecular complexity index is 705. The standard InChI is InChI=1S/C20H24N2/c1-13-6-7-15(12-14(13)2)16-4-3-5-19-20(16)17-8-10-21-11-9-18(17)22-19/h3-7,12,17-18,21-22H,8-11H2,1-2H3/t17-,18-/m0/s1. The van der Waals surface area contributed by atoms with E-state index in [1.807, 2.05) is 0 Å². The van der Waals surface area contributed by atoms with Gasteiger partial charge in [-0.25, -0.2) is 0 Å². The molecular formula is C20H24N2. The molecule has 4 rings (SSSR count). The maximum atomic E-state index is 3.77. The Hall–Kier alpha value is -1.80. The summed E-state index contributed by atoms with van der Waals surface area (Å²) in [5, 5.41) is 7.32. The Morgan fingerprint density at radius 1 is 0.955 bits per heavy atom. The van der Waals surface area contributed by atoms with Crippen LogP contribution >= 0.6 is 0 Å². The molecule has 2 aromatic carbocycles. The first kappa shape index (κ1) is 13.8. The van der Waals surface area contributed by atoms with Crippen molar-refractivity contribution < 1.29 is 0 Å². The zero-order chi connectivity index (χ0) is 15.1. The highest BCUT2D eigenvalue weighted by atomic mass is 15.0. The van der Waals surface area contributed by atoms with E-state index in [2.05, 4.69) is 60.9 Å². The van der Waals surface area contributed by atoms with Gasteiger partial charge in [-0.1, -0.05) is 30.3 Å². The van der Waals surface area contributed by atoms with E-state index in [0.717, 1.165) is 13.1 Å². The van der Waals surface area contributed by atoms with Gasteiger partial charge >= 0.3 is 0 Å². The monoisotopic (exact) mass is 292 g/mol. The molecule has 1 fully saturated rings. The Balaban J connectivity index is 1.82. The van der Waals surface area contributed by atoms with Crippen LogP contribution in [0.2, 0.25) is 0 Å². The van der Waals surface area contributed by atoms with E-state index in [4.69, 9.17) is 0 Å². The highest BCUT2D eigenvalue weighted by molar-refractivity contribution is 5.78. The fourth-order valence-electron chi connectivity index (χ4n) is 4.01. The fraction of sp³-hybridized carbons (Fsp3) is 0.400. The molecule has 2 atom stereocenters. The Kier molecular flexibility index (Phi) is 3.42. The molecule has 2 aliphatic heterocycles. The molecule has 2 N–H and O–H groups in total. The highest BCUT2D eigenvalue weighted by Crippen LogP contribution is 2.45. The van der Waals surface area contributed by atoms with E-state index in [-0.39, 0.29) is 0 Å². The maximum absolute atomic E-state index is 3.77. The van der Waals surface area contributed by atoms with E-state index in [9.17, 15) is 0 Å². The van der Waals surface area contributed by atoms with Crippen LogP contribution in [0.3, 0.4) is 0 Å². The molecule has 0 aliphatic carbocycles. The van der Waals surface area contributed by atoms with E-state index < -0.39 is 0 Å². The van der Waals surface area contributed by atoms with Crippen molar-refractivity contribution in [2.45, 2.75) is 38.6 Å². The van der Waals surface area contributed by atoms with Gasteiger partial charge in [-0.3, -0.25) is 0 Å². The molecule has 0 radical (unpaired) electrons. The van der Waals surface area contributed by atoms with Crippen molar-refractivity contribution in [2.75, 3.05) is 18.4 Å². The number of fused-ring (bicyclic) bond motifs is 3. The van der Waals surface area contributed by atoms with Gasteiger partial charge in [0.05, 0.1) is 0 Å². The van der Waals surface area contributed by atoms with E-state index in [0.29, 0.717) is 12.0 Å². The molecule has 1 saturated heterocycles. The molecule has 0 bridgehead atoms. The first-order valence-electron chi connectivity index (χ1n) is 8.42. The molecule has 2 aromatic rings. The number of aryl methyl sites for hydroxylation is 2. The summed E-state index contributed by atoms with van der Waals surface area (Å²) in [5.74, 6) is 0.641. The average Bonchev–Trinajstić information content (AvgIpc) is 2.72. The third-order valence-corrected chi connectivity index (χ3v) is 5.39. The number of anilines is 1. The van der Waals surface area contributed by atoms with Gasteiger partial charge in [0.2, 0.25) is 0 Å². The molecule has 0 amide bonds. The zero-order valence-corrected chi connectivity index (χ0v) is 13.4. The van der Waals surface area contributed by atoms with Gasteiger partial charge < -0.3 is 10.6 Å². The molecule has 0 aromatic heterocycles. The topological polar surface area (TPSA) is 24.1 Å². The van der Waals surface area contributed by atoms with Gasteiger partial charge in [-0.15, -0.1) is 0 Å². The Labute approximate surface area is 132 Å². The van der Waals surface area contributed by atoms with Crippen LogP contribution < -0.4 is 10.6 Å². The maximum Gasteiger partial charge on any atom is 0.0384 e. The largest absolute Gasteiger partial charge is 0.381 e. The smallest absolute Gasteiger partial charge is 0.0384 e. The summed E-state index contributed by atoms with van der Waals surface area (Å²) in [5.41, 5.74) is 8.42. The molecule has 2 nitrogen and oxygen atoms in total. The summed E-state index contributed by atoms with van der Waals surface area (Å²) in [6.07, 6.45) is 2.44. The predicted octanol–water partition coefficient (Wildman–Crippen LogP) is 4.23. The van der Waals surface area contributed by atoms with Crippen molar-refractivity contribution in [1.82, 2.24) is 5.32 Å². The van der Waals surface area contributed by atoms with Crippen LogP contribution in [0.4, 0.5) is 5.69 Å². The summed E-state index contributed by atoms with van der Waals surface area (Å²) < 4.78 is 0. The molecule has 0 saturated carbocycles. The second kappa shape index (κ2) is 5.44. The number of benzene rings is 2. The predicted molar refractivity (Wildman–Crippen MR) is 93.6 cm³/mol. The van der Waals surface area contributed by atoms with Gasteiger partial charge in [0.1, 0.15) is 0 Å². The minimum Gasteiger partial charge on any atom is -0.381 e. The third-order valence-electron chi connectivity index (χ3n) is 5.39. The van der Waals surface area contributed by atoms with Crippen LogP contribution in [0.25, 0.3) is 11.1 Å². The fourth-order valence-corrected chi connectivity index (χ4v) is 4.01. The average molecular weight is 292 g/mol. The Morgan fingerprint density at radius 3 is 2.68 bits per heavy atom. The summed E-state index contributed by atoms with van der Waals surface area (Å²) >= 11 is 0. The second-order valence-electron chi connectivity index (χ2n) is 6.75. The van der Waals surface area contributed by atoms with Crippen LogP contribution in [0.1, 0.15) is 35.4 Å². The Morgan fingerprint density at radius 2 is 1.82 bits per heavy atom. The lowest BCUT2D eigenvalue weighted by Crippen LogP contribution is -2.21. The van der Waals surface area contributed by atoms with E-state index in [1.165, 1.54) is 40.8 Å². The van der Waals surface area contributed by atoms with Crippen LogP contribution in [0.15, 0.2) is 36.4 Å². The molecule has 2 heteroatoms. The molecule has 114 valence electrons. The molecule has 2 heterocycles. The molecule has 2 aliphatic rings. The summed E-state index contributed by atoms with van der Waals surface area (Å²) in [7, 11) is 0. The number of rotatable bonds is 1. The van der Waals surface area contributed by atoms with Gasteiger partial charge in [0.15, 0.2) is 0 Å².